The molecule has 1 amide bonds. The Morgan fingerprint density at radius 2 is 1.81 bits per heavy atom. The van der Waals surface area contributed by atoms with Crippen molar-refractivity contribution >= 4 is 28.9 Å². The summed E-state index contributed by atoms with van der Waals surface area (Å²) in [7, 11) is 0. The van der Waals surface area contributed by atoms with E-state index in [0.29, 0.717) is 10.6 Å². The highest BCUT2D eigenvalue weighted by atomic mass is 35.5. The molecule has 0 spiro atoms. The second kappa shape index (κ2) is 6.96. The van der Waals surface area contributed by atoms with Crippen LogP contribution in [0, 0.1) is 6.92 Å². The Bertz CT molecular complexity index is 997. The zero-order chi connectivity index (χ0) is 19.8. The van der Waals surface area contributed by atoms with Gasteiger partial charge < -0.3 is 11.1 Å². The molecule has 5 nitrogen and oxygen atoms in total. The van der Waals surface area contributed by atoms with Crippen molar-refractivity contribution in [2.24, 2.45) is 0 Å². The molecule has 3 rings (SSSR count). The lowest BCUT2D eigenvalue weighted by atomic mass is 10.2. The maximum Gasteiger partial charge on any atom is 0.433 e. The Labute approximate surface area is 157 Å². The predicted molar refractivity (Wildman–Crippen MR) is 97.1 cm³/mol. The smallest absolute Gasteiger partial charge is 0.397 e. The summed E-state index contributed by atoms with van der Waals surface area (Å²) in [6.07, 6.45) is -4.56. The Morgan fingerprint density at radius 1 is 1.15 bits per heavy atom. The minimum absolute atomic E-state index is 0.107. The van der Waals surface area contributed by atoms with Crippen LogP contribution in [0.1, 0.15) is 21.7 Å². The maximum atomic E-state index is 13.2. The van der Waals surface area contributed by atoms with E-state index < -0.39 is 17.8 Å². The van der Waals surface area contributed by atoms with Crippen molar-refractivity contribution in [1.82, 2.24) is 9.78 Å². The van der Waals surface area contributed by atoms with Gasteiger partial charge in [0, 0.05) is 10.6 Å². The number of hydrogen-bond acceptors (Lipinski definition) is 3. The predicted octanol–water partition coefficient (Wildman–Crippen LogP) is 4.69. The van der Waals surface area contributed by atoms with E-state index in [1.807, 2.05) is 0 Å². The second-order valence-corrected chi connectivity index (χ2v) is 6.25. The molecule has 27 heavy (non-hydrogen) atoms. The molecule has 0 bridgehead atoms. The van der Waals surface area contributed by atoms with E-state index in [4.69, 9.17) is 17.3 Å². The van der Waals surface area contributed by atoms with Gasteiger partial charge in [-0.1, -0.05) is 11.6 Å². The number of benzene rings is 2. The monoisotopic (exact) mass is 394 g/mol. The number of anilines is 2. The van der Waals surface area contributed by atoms with Gasteiger partial charge in [-0.2, -0.15) is 18.3 Å². The van der Waals surface area contributed by atoms with Crippen LogP contribution in [0.25, 0.3) is 5.69 Å². The van der Waals surface area contributed by atoms with Crippen molar-refractivity contribution in [1.29, 1.82) is 0 Å². The first-order valence-corrected chi connectivity index (χ1v) is 8.13. The van der Waals surface area contributed by atoms with E-state index in [1.165, 1.54) is 25.1 Å². The van der Waals surface area contributed by atoms with Gasteiger partial charge in [-0.25, -0.2) is 4.68 Å². The third kappa shape index (κ3) is 4.06. The molecule has 0 fully saturated rings. The molecule has 1 aromatic heterocycles. The van der Waals surface area contributed by atoms with E-state index in [9.17, 15) is 18.0 Å². The lowest BCUT2D eigenvalue weighted by molar-refractivity contribution is -0.142. The van der Waals surface area contributed by atoms with Crippen LogP contribution in [0.5, 0.6) is 0 Å². The highest BCUT2D eigenvalue weighted by molar-refractivity contribution is 6.30. The number of rotatable bonds is 3. The number of carbonyl (C=O) groups excluding carboxylic acids is 1. The number of nitrogen functional groups attached to an aromatic ring is 1. The number of aromatic nitrogens is 2. The van der Waals surface area contributed by atoms with Gasteiger partial charge in [0.25, 0.3) is 5.91 Å². The molecule has 9 heteroatoms. The maximum absolute atomic E-state index is 13.2. The Balaban J connectivity index is 1.89. The van der Waals surface area contributed by atoms with Gasteiger partial charge in [-0.15, -0.1) is 0 Å². The molecule has 2 aromatic carbocycles. The first kappa shape index (κ1) is 18.8. The molecule has 0 unspecified atom stereocenters. The van der Waals surface area contributed by atoms with Gasteiger partial charge in [-0.05, 0) is 55.5 Å². The zero-order valence-electron chi connectivity index (χ0n) is 14.0. The number of aryl methyl sites for hydroxylation is 1. The zero-order valence-corrected chi connectivity index (χ0v) is 14.8. The molecule has 0 saturated heterocycles. The van der Waals surface area contributed by atoms with Gasteiger partial charge in [0.2, 0.25) is 0 Å². The standard InChI is InChI=1S/C18H14ClF3N4O/c1-10-8-16(18(20,21)22)26(25-10)13-6-7-15(14(23)9-13)24-17(27)11-2-4-12(19)5-3-11/h2-9H,23H2,1H3,(H,24,27). The Kier molecular flexibility index (Phi) is 4.84. The fourth-order valence-corrected chi connectivity index (χ4v) is 2.62. The van der Waals surface area contributed by atoms with Crippen LogP contribution in [-0.4, -0.2) is 15.7 Å². The summed E-state index contributed by atoms with van der Waals surface area (Å²) in [4.78, 5) is 12.2. The third-order valence-corrected chi connectivity index (χ3v) is 4.01. The minimum Gasteiger partial charge on any atom is -0.397 e. The van der Waals surface area contributed by atoms with Crippen molar-refractivity contribution in [3.63, 3.8) is 0 Å². The summed E-state index contributed by atoms with van der Waals surface area (Å²) < 4.78 is 40.2. The second-order valence-electron chi connectivity index (χ2n) is 5.81. The highest BCUT2D eigenvalue weighted by Crippen LogP contribution is 2.32. The van der Waals surface area contributed by atoms with E-state index in [2.05, 4.69) is 10.4 Å². The molecular formula is C18H14ClF3N4O. The number of carbonyl (C=O) groups is 1. The van der Waals surface area contributed by atoms with E-state index in [1.54, 1.807) is 24.3 Å². The first-order chi connectivity index (χ1) is 12.6. The van der Waals surface area contributed by atoms with Crippen molar-refractivity contribution in [3.8, 4) is 5.69 Å². The van der Waals surface area contributed by atoms with Gasteiger partial charge in [0.1, 0.15) is 5.69 Å². The van der Waals surface area contributed by atoms with Crippen LogP contribution in [0.3, 0.4) is 0 Å². The van der Waals surface area contributed by atoms with E-state index in [-0.39, 0.29) is 22.8 Å². The normalized spacial score (nSPS) is 11.4. The van der Waals surface area contributed by atoms with Crippen LogP contribution in [-0.2, 0) is 6.18 Å². The van der Waals surface area contributed by atoms with E-state index >= 15 is 0 Å². The molecule has 0 aliphatic carbocycles. The number of nitrogens with one attached hydrogen (secondary N) is 1. The summed E-state index contributed by atoms with van der Waals surface area (Å²) >= 11 is 5.78. The number of amides is 1. The molecule has 140 valence electrons. The molecule has 0 atom stereocenters. The molecule has 3 N–H and O–H groups in total. The van der Waals surface area contributed by atoms with Gasteiger partial charge in [0.05, 0.1) is 22.8 Å². The first-order valence-electron chi connectivity index (χ1n) is 7.76. The minimum atomic E-state index is -4.56. The summed E-state index contributed by atoms with van der Waals surface area (Å²) in [6, 6.07) is 11.3. The van der Waals surface area contributed by atoms with Crippen molar-refractivity contribution in [3.05, 3.63) is 70.5 Å². The average Bonchev–Trinajstić information content (AvgIpc) is 2.99. The fraction of sp³-hybridized carbons (Fsp3) is 0.111. The van der Waals surface area contributed by atoms with Crippen molar-refractivity contribution in [2.75, 3.05) is 11.1 Å². The summed E-state index contributed by atoms with van der Waals surface area (Å²) in [5.74, 6) is -0.419. The molecule has 1 heterocycles. The number of nitrogens with two attached hydrogens (primary N) is 1. The molecule has 0 aliphatic heterocycles. The van der Waals surface area contributed by atoms with Crippen molar-refractivity contribution < 1.29 is 18.0 Å². The van der Waals surface area contributed by atoms with Gasteiger partial charge in [-0.3, -0.25) is 4.79 Å². The third-order valence-electron chi connectivity index (χ3n) is 3.76. The number of nitrogens with zero attached hydrogens (tertiary/aromatic N) is 2. The Morgan fingerprint density at radius 3 is 2.41 bits per heavy atom. The van der Waals surface area contributed by atoms with Gasteiger partial charge >= 0.3 is 6.18 Å². The quantitative estimate of drug-likeness (QED) is 0.633. The fourth-order valence-electron chi connectivity index (χ4n) is 2.49. The lowest BCUT2D eigenvalue weighted by Crippen LogP contribution is -2.15. The molecule has 0 saturated carbocycles. The Hall–Kier alpha value is -3.00. The number of hydrogen-bond donors (Lipinski definition) is 2. The number of halogens is 4. The summed E-state index contributed by atoms with van der Waals surface area (Å²) in [6.45, 7) is 1.47. The lowest BCUT2D eigenvalue weighted by Gasteiger charge is -2.13. The van der Waals surface area contributed by atoms with Crippen molar-refractivity contribution in [2.45, 2.75) is 13.1 Å². The van der Waals surface area contributed by atoms with E-state index in [0.717, 1.165) is 10.7 Å². The molecular weight excluding hydrogens is 381 g/mol. The number of alkyl halides is 3. The summed E-state index contributed by atoms with van der Waals surface area (Å²) in [5, 5.41) is 6.98. The van der Waals surface area contributed by atoms with Crippen LogP contribution in [0.15, 0.2) is 48.5 Å². The largest absolute Gasteiger partial charge is 0.433 e. The average molecular weight is 395 g/mol. The summed E-state index contributed by atoms with van der Waals surface area (Å²) in [5.41, 5.74) is 6.12. The highest BCUT2D eigenvalue weighted by Gasteiger charge is 2.36. The van der Waals surface area contributed by atoms with Gasteiger partial charge in [0.15, 0.2) is 0 Å². The SMILES string of the molecule is Cc1cc(C(F)(F)F)n(-c2ccc(NC(=O)c3ccc(Cl)cc3)c(N)c2)n1. The van der Waals surface area contributed by atoms with Crippen LogP contribution >= 0.6 is 11.6 Å². The van der Waals surface area contributed by atoms with Crippen LogP contribution in [0.2, 0.25) is 5.02 Å². The molecule has 0 radical (unpaired) electrons. The molecule has 0 aliphatic rings. The van der Waals surface area contributed by atoms with Crippen LogP contribution in [0.4, 0.5) is 24.5 Å². The topological polar surface area (TPSA) is 72.9 Å². The molecule has 3 aromatic rings. The van der Waals surface area contributed by atoms with Crippen LogP contribution < -0.4 is 11.1 Å².